The maximum absolute atomic E-state index is 12.3. The van der Waals surface area contributed by atoms with Crippen LogP contribution in [0.4, 0.5) is 5.69 Å². The molecule has 18 heavy (non-hydrogen) atoms. The third kappa shape index (κ3) is 3.72. The van der Waals surface area contributed by atoms with Crippen LogP contribution in [-0.2, 0) is 4.74 Å². The summed E-state index contributed by atoms with van der Waals surface area (Å²) in [6, 6.07) is 5.18. The fraction of sp³-hybridized carbons (Fsp3) is 0.462. The van der Waals surface area contributed by atoms with Crippen LogP contribution in [-0.4, -0.2) is 49.3 Å². The first-order chi connectivity index (χ1) is 8.60. The Kier molecular flexibility index (Phi) is 5.61. The van der Waals surface area contributed by atoms with E-state index in [1.807, 2.05) is 6.92 Å². The van der Waals surface area contributed by atoms with Crippen LogP contribution >= 0.6 is 0 Å². The van der Waals surface area contributed by atoms with Gasteiger partial charge >= 0.3 is 0 Å². The van der Waals surface area contributed by atoms with Crippen molar-refractivity contribution in [3.8, 4) is 0 Å². The van der Waals surface area contributed by atoms with E-state index in [0.717, 1.165) is 5.56 Å². The predicted octanol–water partition coefficient (Wildman–Crippen LogP) is 0.658. The molecule has 1 amide bonds. The van der Waals surface area contributed by atoms with Crippen molar-refractivity contribution in [3.63, 3.8) is 0 Å². The quantitative estimate of drug-likeness (QED) is 0.729. The molecule has 0 spiro atoms. The molecular weight excluding hydrogens is 232 g/mol. The molecule has 0 aromatic heterocycles. The first-order valence-corrected chi connectivity index (χ1v) is 5.85. The number of anilines is 1. The molecule has 1 aromatic carbocycles. The van der Waals surface area contributed by atoms with E-state index < -0.39 is 0 Å². The molecule has 1 aromatic rings. The normalized spacial score (nSPS) is 10.4. The third-order valence-electron chi connectivity index (χ3n) is 2.70. The average molecular weight is 252 g/mol. The molecule has 0 radical (unpaired) electrons. The number of carbonyl (C=O) groups is 1. The molecule has 5 nitrogen and oxygen atoms in total. The van der Waals surface area contributed by atoms with Crippen molar-refractivity contribution in [2.45, 2.75) is 6.92 Å². The summed E-state index contributed by atoms with van der Waals surface area (Å²) in [4.78, 5) is 13.9. The highest BCUT2D eigenvalue weighted by Gasteiger charge is 2.16. The molecule has 0 aliphatic carbocycles. The number of nitrogen functional groups attached to an aromatic ring is 1. The molecule has 3 N–H and O–H groups in total. The zero-order valence-electron chi connectivity index (χ0n) is 10.8. The van der Waals surface area contributed by atoms with Crippen LogP contribution in [0.25, 0.3) is 0 Å². The average Bonchev–Trinajstić information content (AvgIpc) is 2.33. The summed E-state index contributed by atoms with van der Waals surface area (Å²) in [5.41, 5.74) is 7.73. The third-order valence-corrected chi connectivity index (χ3v) is 2.70. The van der Waals surface area contributed by atoms with Gasteiger partial charge in [0.2, 0.25) is 0 Å². The summed E-state index contributed by atoms with van der Waals surface area (Å²) >= 11 is 0. The number of ether oxygens (including phenoxy) is 1. The van der Waals surface area contributed by atoms with Crippen LogP contribution in [0.15, 0.2) is 18.2 Å². The fourth-order valence-electron chi connectivity index (χ4n) is 1.73. The molecule has 0 saturated heterocycles. The van der Waals surface area contributed by atoms with Crippen molar-refractivity contribution in [2.75, 3.05) is 39.1 Å². The number of nitrogens with two attached hydrogens (primary N) is 1. The van der Waals surface area contributed by atoms with Gasteiger partial charge in [-0.1, -0.05) is 0 Å². The van der Waals surface area contributed by atoms with Crippen molar-refractivity contribution in [3.05, 3.63) is 29.3 Å². The molecule has 0 aliphatic heterocycles. The van der Waals surface area contributed by atoms with Gasteiger partial charge in [0, 0.05) is 31.5 Å². The summed E-state index contributed by atoms with van der Waals surface area (Å²) in [6.07, 6.45) is 0. The minimum atomic E-state index is -0.112. The molecule has 0 bridgehead atoms. The van der Waals surface area contributed by atoms with Gasteiger partial charge in [-0.2, -0.15) is 0 Å². The van der Waals surface area contributed by atoms with Crippen molar-refractivity contribution in [1.29, 1.82) is 0 Å². The zero-order chi connectivity index (χ0) is 13.5. The largest absolute Gasteiger partial charge is 0.399 e. The number of nitrogens with zero attached hydrogens (tertiary/aromatic N) is 1. The van der Waals surface area contributed by atoms with Gasteiger partial charge in [-0.15, -0.1) is 0 Å². The summed E-state index contributed by atoms with van der Waals surface area (Å²) in [5.74, 6) is -0.112. The van der Waals surface area contributed by atoms with Gasteiger partial charge in [0.15, 0.2) is 0 Å². The smallest absolute Gasteiger partial charge is 0.254 e. The predicted molar refractivity (Wildman–Crippen MR) is 70.5 cm³/mol. The second-order valence-corrected chi connectivity index (χ2v) is 4.08. The van der Waals surface area contributed by atoms with Crippen LogP contribution in [0.5, 0.6) is 0 Å². The van der Waals surface area contributed by atoms with Gasteiger partial charge in [0.25, 0.3) is 5.91 Å². The topological polar surface area (TPSA) is 75.8 Å². The SMILES string of the molecule is COCCN(CCO)C(=O)c1ccc(N)cc1C. The van der Waals surface area contributed by atoms with Gasteiger partial charge in [-0.05, 0) is 30.7 Å². The van der Waals surface area contributed by atoms with Crippen molar-refractivity contribution in [1.82, 2.24) is 4.90 Å². The highest BCUT2D eigenvalue weighted by molar-refractivity contribution is 5.96. The number of aryl methyl sites for hydroxylation is 1. The number of methoxy groups -OCH3 is 1. The van der Waals surface area contributed by atoms with E-state index in [0.29, 0.717) is 30.9 Å². The first-order valence-electron chi connectivity index (χ1n) is 5.85. The van der Waals surface area contributed by atoms with Crippen LogP contribution in [0.1, 0.15) is 15.9 Å². The molecule has 100 valence electrons. The summed E-state index contributed by atoms with van der Waals surface area (Å²) in [7, 11) is 1.58. The van der Waals surface area contributed by atoms with Crippen molar-refractivity contribution in [2.24, 2.45) is 0 Å². The lowest BCUT2D eigenvalue weighted by molar-refractivity contribution is 0.0656. The van der Waals surface area contributed by atoms with Crippen LogP contribution in [0.3, 0.4) is 0 Å². The fourth-order valence-corrected chi connectivity index (χ4v) is 1.73. The lowest BCUT2D eigenvalue weighted by Crippen LogP contribution is -2.36. The Bertz CT molecular complexity index is 407. The van der Waals surface area contributed by atoms with Gasteiger partial charge in [-0.3, -0.25) is 4.79 Å². The number of rotatable bonds is 6. The molecule has 0 saturated carbocycles. The Labute approximate surface area is 107 Å². The van der Waals surface area contributed by atoms with Gasteiger partial charge in [0.05, 0.1) is 13.2 Å². The number of aliphatic hydroxyl groups is 1. The van der Waals surface area contributed by atoms with Crippen LogP contribution in [0, 0.1) is 6.92 Å². The number of benzene rings is 1. The van der Waals surface area contributed by atoms with E-state index >= 15 is 0 Å². The summed E-state index contributed by atoms with van der Waals surface area (Å²) in [5, 5.41) is 8.99. The second-order valence-electron chi connectivity index (χ2n) is 4.08. The summed E-state index contributed by atoms with van der Waals surface area (Å²) in [6.45, 7) is 2.98. The minimum Gasteiger partial charge on any atom is -0.399 e. The highest BCUT2D eigenvalue weighted by Crippen LogP contribution is 2.14. The molecule has 0 atom stereocenters. The van der Waals surface area contributed by atoms with E-state index in [-0.39, 0.29) is 12.5 Å². The number of amides is 1. The lowest BCUT2D eigenvalue weighted by Gasteiger charge is -2.22. The molecule has 1 rings (SSSR count). The number of aliphatic hydroxyl groups excluding tert-OH is 1. The Morgan fingerprint density at radius 2 is 2.17 bits per heavy atom. The number of hydrogen-bond acceptors (Lipinski definition) is 4. The van der Waals surface area contributed by atoms with E-state index in [4.69, 9.17) is 15.6 Å². The Balaban J connectivity index is 2.87. The number of carbonyl (C=O) groups excluding carboxylic acids is 1. The van der Waals surface area contributed by atoms with Gasteiger partial charge in [0.1, 0.15) is 0 Å². The molecule has 0 fully saturated rings. The highest BCUT2D eigenvalue weighted by atomic mass is 16.5. The second kappa shape index (κ2) is 6.98. The molecule has 0 unspecified atom stereocenters. The van der Waals surface area contributed by atoms with E-state index in [1.54, 1.807) is 30.2 Å². The zero-order valence-corrected chi connectivity index (χ0v) is 10.8. The van der Waals surface area contributed by atoms with Crippen molar-refractivity contribution >= 4 is 11.6 Å². The number of hydrogen-bond donors (Lipinski definition) is 2. The molecule has 5 heteroatoms. The molecular formula is C13H20N2O3. The lowest BCUT2D eigenvalue weighted by atomic mass is 10.1. The van der Waals surface area contributed by atoms with Gasteiger partial charge in [-0.25, -0.2) is 0 Å². The van der Waals surface area contributed by atoms with Crippen molar-refractivity contribution < 1.29 is 14.6 Å². The Hall–Kier alpha value is -1.59. The standard InChI is InChI=1S/C13H20N2O3/c1-10-9-11(14)3-4-12(10)13(17)15(5-7-16)6-8-18-2/h3-4,9,16H,5-8,14H2,1-2H3. The van der Waals surface area contributed by atoms with E-state index in [1.165, 1.54) is 0 Å². The Morgan fingerprint density at radius 3 is 2.72 bits per heavy atom. The maximum atomic E-state index is 12.3. The van der Waals surface area contributed by atoms with Gasteiger partial charge < -0.3 is 20.5 Å². The van der Waals surface area contributed by atoms with Crippen LogP contribution in [0.2, 0.25) is 0 Å². The molecule has 0 heterocycles. The first kappa shape index (κ1) is 14.5. The summed E-state index contributed by atoms with van der Waals surface area (Å²) < 4.78 is 4.96. The van der Waals surface area contributed by atoms with E-state index in [9.17, 15) is 4.79 Å². The van der Waals surface area contributed by atoms with E-state index in [2.05, 4.69) is 0 Å². The monoisotopic (exact) mass is 252 g/mol. The minimum absolute atomic E-state index is 0.0660. The Morgan fingerprint density at radius 1 is 1.44 bits per heavy atom. The maximum Gasteiger partial charge on any atom is 0.254 e. The van der Waals surface area contributed by atoms with Crippen LogP contribution < -0.4 is 5.73 Å². The molecule has 0 aliphatic rings.